The van der Waals surface area contributed by atoms with Gasteiger partial charge in [-0.2, -0.15) is 5.10 Å². The Morgan fingerprint density at radius 3 is 2.44 bits per heavy atom. The molecule has 4 rings (SSSR count). The number of ether oxygens (including phenoxy) is 2. The van der Waals surface area contributed by atoms with Crippen LogP contribution in [0.5, 0.6) is 11.5 Å². The molecule has 0 unspecified atom stereocenters. The highest BCUT2D eigenvalue weighted by atomic mass is 16.5. The van der Waals surface area contributed by atoms with E-state index in [-0.39, 0.29) is 18.2 Å². The molecule has 1 N–H and O–H groups in total. The highest BCUT2D eigenvalue weighted by molar-refractivity contribution is 5.93. The number of aromatic nitrogens is 3. The SMILES string of the molecule is COc1ccc(CC(=O)N2CCN(C(=O)c3cc(-c4cccnc4)n[nH]3)CC2)cc1OC. The van der Waals surface area contributed by atoms with Gasteiger partial charge in [-0.25, -0.2) is 0 Å². The molecule has 2 aromatic heterocycles. The molecule has 0 radical (unpaired) electrons. The molecule has 166 valence electrons. The molecule has 1 aromatic carbocycles. The zero-order valence-electron chi connectivity index (χ0n) is 18.1. The second-order valence-corrected chi connectivity index (χ2v) is 7.45. The number of carbonyl (C=O) groups excluding carboxylic acids is 2. The van der Waals surface area contributed by atoms with Gasteiger partial charge in [-0.15, -0.1) is 0 Å². The van der Waals surface area contributed by atoms with Crippen LogP contribution in [0.1, 0.15) is 16.1 Å². The van der Waals surface area contributed by atoms with Gasteiger partial charge in [0, 0.05) is 44.1 Å². The number of hydrogen-bond acceptors (Lipinski definition) is 6. The largest absolute Gasteiger partial charge is 0.493 e. The van der Waals surface area contributed by atoms with Crippen LogP contribution in [-0.4, -0.2) is 77.2 Å². The first-order valence-electron chi connectivity index (χ1n) is 10.3. The smallest absolute Gasteiger partial charge is 0.272 e. The first-order chi connectivity index (χ1) is 15.6. The monoisotopic (exact) mass is 435 g/mol. The van der Waals surface area contributed by atoms with Crippen molar-refractivity contribution in [2.45, 2.75) is 6.42 Å². The van der Waals surface area contributed by atoms with Crippen molar-refractivity contribution in [1.82, 2.24) is 25.0 Å². The maximum absolute atomic E-state index is 12.9. The van der Waals surface area contributed by atoms with Gasteiger partial charge in [-0.1, -0.05) is 6.07 Å². The third kappa shape index (κ3) is 4.56. The molecule has 3 aromatic rings. The molecule has 32 heavy (non-hydrogen) atoms. The van der Waals surface area contributed by atoms with Gasteiger partial charge in [0.05, 0.1) is 26.3 Å². The van der Waals surface area contributed by atoms with Crippen molar-refractivity contribution in [3.8, 4) is 22.8 Å². The molecule has 3 heterocycles. The van der Waals surface area contributed by atoms with Gasteiger partial charge in [0.25, 0.3) is 5.91 Å². The van der Waals surface area contributed by atoms with E-state index in [2.05, 4.69) is 15.2 Å². The van der Waals surface area contributed by atoms with Gasteiger partial charge in [0.2, 0.25) is 5.91 Å². The minimum atomic E-state index is -0.125. The molecule has 0 bridgehead atoms. The van der Waals surface area contributed by atoms with Crippen molar-refractivity contribution < 1.29 is 19.1 Å². The highest BCUT2D eigenvalue weighted by Crippen LogP contribution is 2.28. The molecule has 1 aliphatic rings. The lowest BCUT2D eigenvalue weighted by molar-refractivity contribution is -0.131. The van der Waals surface area contributed by atoms with Crippen LogP contribution in [0.2, 0.25) is 0 Å². The lowest BCUT2D eigenvalue weighted by Gasteiger charge is -2.34. The topological polar surface area (TPSA) is 101 Å². The molecule has 1 fully saturated rings. The number of carbonyl (C=O) groups is 2. The Kier molecular flexibility index (Phi) is 6.34. The van der Waals surface area contributed by atoms with Crippen LogP contribution in [0, 0.1) is 0 Å². The van der Waals surface area contributed by atoms with E-state index in [0.717, 1.165) is 11.1 Å². The molecule has 0 spiro atoms. The molecule has 0 saturated carbocycles. The summed E-state index contributed by atoms with van der Waals surface area (Å²) in [7, 11) is 3.14. The fourth-order valence-corrected chi connectivity index (χ4v) is 3.70. The second-order valence-electron chi connectivity index (χ2n) is 7.45. The van der Waals surface area contributed by atoms with Crippen molar-refractivity contribution in [3.63, 3.8) is 0 Å². The van der Waals surface area contributed by atoms with E-state index in [9.17, 15) is 9.59 Å². The maximum Gasteiger partial charge on any atom is 0.272 e. The van der Waals surface area contributed by atoms with Crippen molar-refractivity contribution in [1.29, 1.82) is 0 Å². The van der Waals surface area contributed by atoms with E-state index in [1.54, 1.807) is 48.5 Å². The summed E-state index contributed by atoms with van der Waals surface area (Å²) < 4.78 is 10.6. The minimum absolute atomic E-state index is 0.0183. The second kappa shape index (κ2) is 9.51. The van der Waals surface area contributed by atoms with E-state index in [0.29, 0.717) is 49.1 Å². The van der Waals surface area contributed by atoms with E-state index >= 15 is 0 Å². The van der Waals surface area contributed by atoms with Crippen molar-refractivity contribution in [3.05, 3.63) is 60.0 Å². The first-order valence-corrected chi connectivity index (χ1v) is 10.3. The number of aromatic amines is 1. The maximum atomic E-state index is 12.9. The molecule has 2 amide bonds. The fraction of sp³-hybridized carbons (Fsp3) is 0.304. The van der Waals surface area contributed by atoms with Crippen LogP contribution in [-0.2, 0) is 11.2 Å². The molecule has 9 heteroatoms. The highest BCUT2D eigenvalue weighted by Gasteiger charge is 2.26. The van der Waals surface area contributed by atoms with Gasteiger partial charge < -0.3 is 19.3 Å². The number of piperazine rings is 1. The van der Waals surface area contributed by atoms with E-state index in [1.165, 1.54) is 0 Å². The third-order valence-corrected chi connectivity index (χ3v) is 5.49. The number of H-pyrrole nitrogens is 1. The summed E-state index contributed by atoms with van der Waals surface area (Å²) in [5.41, 5.74) is 2.79. The van der Waals surface area contributed by atoms with Gasteiger partial charge >= 0.3 is 0 Å². The predicted molar refractivity (Wildman–Crippen MR) is 118 cm³/mol. The quantitative estimate of drug-likeness (QED) is 0.636. The van der Waals surface area contributed by atoms with Crippen LogP contribution in [0.4, 0.5) is 0 Å². The Labute approximate surface area is 186 Å². The summed E-state index contributed by atoms with van der Waals surface area (Å²) in [4.78, 5) is 33.2. The Morgan fingerprint density at radius 2 is 1.75 bits per heavy atom. The lowest BCUT2D eigenvalue weighted by Crippen LogP contribution is -2.51. The zero-order chi connectivity index (χ0) is 22.5. The van der Waals surface area contributed by atoms with Gasteiger partial charge in [0.15, 0.2) is 11.5 Å². The Morgan fingerprint density at radius 1 is 1.00 bits per heavy atom. The summed E-state index contributed by atoms with van der Waals surface area (Å²) in [6.07, 6.45) is 3.66. The Balaban J connectivity index is 1.33. The third-order valence-electron chi connectivity index (χ3n) is 5.49. The van der Waals surface area contributed by atoms with Crippen molar-refractivity contribution >= 4 is 11.8 Å². The number of hydrogen-bond donors (Lipinski definition) is 1. The minimum Gasteiger partial charge on any atom is -0.493 e. The molecule has 1 aliphatic heterocycles. The predicted octanol–water partition coefficient (Wildman–Crippen LogP) is 2.02. The van der Waals surface area contributed by atoms with Crippen LogP contribution in [0.25, 0.3) is 11.3 Å². The summed E-state index contributed by atoms with van der Waals surface area (Å²) in [5.74, 6) is 1.11. The van der Waals surface area contributed by atoms with Crippen LogP contribution < -0.4 is 9.47 Å². The average Bonchev–Trinajstić information content (AvgIpc) is 3.34. The number of benzene rings is 1. The van der Waals surface area contributed by atoms with E-state index < -0.39 is 0 Å². The molecule has 9 nitrogen and oxygen atoms in total. The normalized spacial score (nSPS) is 13.7. The number of pyridine rings is 1. The average molecular weight is 435 g/mol. The van der Waals surface area contributed by atoms with E-state index in [1.807, 2.05) is 24.3 Å². The number of nitrogens with one attached hydrogen (secondary N) is 1. The number of amides is 2. The first kappa shape index (κ1) is 21.4. The lowest BCUT2D eigenvalue weighted by atomic mass is 10.1. The van der Waals surface area contributed by atoms with Crippen LogP contribution in [0.3, 0.4) is 0 Å². The molecule has 0 atom stereocenters. The Hall–Kier alpha value is -3.88. The van der Waals surface area contributed by atoms with Crippen molar-refractivity contribution in [2.24, 2.45) is 0 Å². The van der Waals surface area contributed by atoms with Gasteiger partial charge in [-0.3, -0.25) is 19.7 Å². The number of methoxy groups -OCH3 is 2. The molecular formula is C23H25N5O4. The van der Waals surface area contributed by atoms with Crippen LogP contribution >= 0.6 is 0 Å². The summed E-state index contributed by atoms with van der Waals surface area (Å²) in [6.45, 7) is 1.92. The zero-order valence-corrected chi connectivity index (χ0v) is 18.1. The number of nitrogens with zero attached hydrogens (tertiary/aromatic N) is 4. The summed E-state index contributed by atoms with van der Waals surface area (Å²) in [6, 6.07) is 10.9. The van der Waals surface area contributed by atoms with E-state index in [4.69, 9.17) is 9.47 Å². The molecular weight excluding hydrogens is 410 g/mol. The fourth-order valence-electron chi connectivity index (χ4n) is 3.70. The Bertz CT molecular complexity index is 1090. The van der Waals surface area contributed by atoms with Crippen LogP contribution in [0.15, 0.2) is 48.8 Å². The van der Waals surface area contributed by atoms with Gasteiger partial charge in [0.1, 0.15) is 5.69 Å². The number of rotatable bonds is 6. The molecule has 0 aliphatic carbocycles. The molecule has 1 saturated heterocycles. The van der Waals surface area contributed by atoms with Crippen molar-refractivity contribution in [2.75, 3.05) is 40.4 Å². The van der Waals surface area contributed by atoms with Gasteiger partial charge in [-0.05, 0) is 35.9 Å². The standard InChI is InChI=1S/C23H25N5O4/c1-31-20-6-5-16(12-21(20)32-2)13-22(29)27-8-10-28(11-9-27)23(30)19-14-18(25-26-19)17-4-3-7-24-15-17/h3-7,12,14-15H,8-11,13H2,1-2H3,(H,25,26). The summed E-state index contributed by atoms with van der Waals surface area (Å²) >= 11 is 0. The summed E-state index contributed by atoms with van der Waals surface area (Å²) in [5, 5.41) is 7.04.